The minimum absolute atomic E-state index is 0.223. The Hall–Kier alpha value is -2.96. The summed E-state index contributed by atoms with van der Waals surface area (Å²) in [7, 11) is 0. The molecule has 0 radical (unpaired) electrons. The van der Waals surface area contributed by atoms with Crippen LogP contribution in [0.2, 0.25) is 0 Å². The first-order chi connectivity index (χ1) is 17.1. The molecule has 0 fully saturated rings. The largest absolute Gasteiger partial charge is 0.379 e. The van der Waals surface area contributed by atoms with Crippen molar-refractivity contribution in [3.8, 4) is 0 Å². The average Bonchev–Trinajstić information content (AvgIpc) is 2.88. The van der Waals surface area contributed by atoms with Crippen molar-refractivity contribution in [2.45, 2.75) is 64.6 Å². The monoisotopic (exact) mass is 478 g/mol. The van der Waals surface area contributed by atoms with Crippen LogP contribution in [0.1, 0.15) is 66.1 Å². The molecule has 35 heavy (non-hydrogen) atoms. The minimum atomic E-state index is -0.462. The van der Waals surface area contributed by atoms with Crippen molar-refractivity contribution in [1.82, 2.24) is 10.6 Å². The molecule has 1 heterocycles. The summed E-state index contributed by atoms with van der Waals surface area (Å²) in [5.41, 5.74) is 4.06. The Bertz CT molecular complexity index is 971. The van der Waals surface area contributed by atoms with Gasteiger partial charge in [-0.15, -0.1) is 0 Å². The lowest BCUT2D eigenvalue weighted by molar-refractivity contribution is -0.117. The zero-order valence-corrected chi connectivity index (χ0v) is 20.8. The molecule has 1 atom stereocenters. The standard InChI is InChI=1S/C29H38N2O4/c1-3-4-9-23-13-15-24(16-14-23)20-30-28(32)22(2)27-12-7-8-17-34-18-19-35-21-25-10-5-6-11-26(25)29(33)31-27/h5-6,10-11,13-16,27H,2-4,7-9,12,17-21H2,1H3,(H,30,32)(H,31,33). The Morgan fingerprint density at radius 2 is 1.77 bits per heavy atom. The summed E-state index contributed by atoms with van der Waals surface area (Å²) in [6.45, 7) is 8.60. The average molecular weight is 479 g/mol. The molecule has 0 spiro atoms. The minimum Gasteiger partial charge on any atom is -0.379 e. The van der Waals surface area contributed by atoms with Crippen LogP contribution in [0.4, 0.5) is 0 Å². The van der Waals surface area contributed by atoms with Gasteiger partial charge in [0.25, 0.3) is 5.91 Å². The second-order valence-corrected chi connectivity index (χ2v) is 8.97. The molecule has 2 N–H and O–H groups in total. The molecule has 1 unspecified atom stereocenters. The van der Waals surface area contributed by atoms with Crippen molar-refractivity contribution >= 4 is 11.8 Å². The number of rotatable bonds is 7. The van der Waals surface area contributed by atoms with Gasteiger partial charge in [-0.2, -0.15) is 0 Å². The molecular weight excluding hydrogens is 440 g/mol. The smallest absolute Gasteiger partial charge is 0.252 e. The van der Waals surface area contributed by atoms with E-state index in [-0.39, 0.29) is 11.8 Å². The van der Waals surface area contributed by atoms with Crippen molar-refractivity contribution in [3.63, 3.8) is 0 Å². The summed E-state index contributed by atoms with van der Waals surface area (Å²) in [6.07, 6.45) is 5.67. The number of fused-ring (bicyclic) bond motifs is 1. The Morgan fingerprint density at radius 1 is 1.03 bits per heavy atom. The fourth-order valence-electron chi connectivity index (χ4n) is 4.05. The maximum Gasteiger partial charge on any atom is 0.252 e. The van der Waals surface area contributed by atoms with E-state index in [1.165, 1.54) is 18.4 Å². The lowest BCUT2D eigenvalue weighted by Gasteiger charge is -2.22. The maximum absolute atomic E-state index is 13.1. The van der Waals surface area contributed by atoms with Gasteiger partial charge in [0.1, 0.15) is 0 Å². The number of nitrogens with one attached hydrogen (secondary N) is 2. The molecule has 0 saturated heterocycles. The van der Waals surface area contributed by atoms with Gasteiger partial charge in [0.2, 0.25) is 5.91 Å². The van der Waals surface area contributed by atoms with Crippen LogP contribution in [0.25, 0.3) is 0 Å². The number of hydrogen-bond donors (Lipinski definition) is 2. The van der Waals surface area contributed by atoms with Crippen molar-refractivity contribution in [3.05, 3.63) is 82.9 Å². The molecule has 6 nitrogen and oxygen atoms in total. The summed E-state index contributed by atoms with van der Waals surface area (Å²) in [4.78, 5) is 26.1. The summed E-state index contributed by atoms with van der Waals surface area (Å²) < 4.78 is 11.3. The molecule has 188 valence electrons. The van der Waals surface area contributed by atoms with Crippen LogP contribution in [0.15, 0.2) is 60.7 Å². The Kier molecular flexibility index (Phi) is 11.0. The summed E-state index contributed by atoms with van der Waals surface area (Å²) >= 11 is 0. The number of hydrogen-bond acceptors (Lipinski definition) is 4. The zero-order valence-electron chi connectivity index (χ0n) is 20.8. The molecule has 2 amide bonds. The highest BCUT2D eigenvalue weighted by Crippen LogP contribution is 2.15. The molecule has 2 aromatic rings. The van der Waals surface area contributed by atoms with Gasteiger partial charge in [0, 0.05) is 24.3 Å². The third kappa shape index (κ3) is 8.64. The van der Waals surface area contributed by atoms with Crippen LogP contribution < -0.4 is 10.6 Å². The van der Waals surface area contributed by atoms with Gasteiger partial charge >= 0.3 is 0 Å². The molecule has 0 bridgehead atoms. The normalized spacial score (nSPS) is 17.5. The summed E-state index contributed by atoms with van der Waals surface area (Å²) in [5.74, 6) is -0.474. The lowest BCUT2D eigenvalue weighted by atomic mass is 9.99. The fourth-order valence-corrected chi connectivity index (χ4v) is 4.05. The number of carbonyl (C=O) groups excluding carboxylic acids is 2. The SMILES string of the molecule is C=C(C(=O)NCc1ccc(CCCC)cc1)C1CCCCOCCOCc2ccccc2C(=O)N1. The number of unbranched alkanes of at least 4 members (excludes halogenated alkanes) is 1. The molecule has 1 aliphatic rings. The van der Waals surface area contributed by atoms with Gasteiger partial charge in [0.05, 0.1) is 25.9 Å². The van der Waals surface area contributed by atoms with Gasteiger partial charge in [-0.1, -0.05) is 62.4 Å². The highest BCUT2D eigenvalue weighted by Gasteiger charge is 2.23. The molecule has 0 aliphatic carbocycles. The predicted molar refractivity (Wildman–Crippen MR) is 138 cm³/mol. The number of aryl methyl sites for hydroxylation is 1. The van der Waals surface area contributed by atoms with E-state index < -0.39 is 6.04 Å². The third-order valence-electron chi connectivity index (χ3n) is 6.24. The number of benzene rings is 2. The van der Waals surface area contributed by atoms with E-state index in [2.05, 4.69) is 48.4 Å². The van der Waals surface area contributed by atoms with Gasteiger partial charge < -0.3 is 20.1 Å². The molecule has 6 heteroatoms. The van der Waals surface area contributed by atoms with Gasteiger partial charge in [-0.3, -0.25) is 9.59 Å². The van der Waals surface area contributed by atoms with Gasteiger partial charge in [-0.05, 0) is 54.9 Å². The van der Waals surface area contributed by atoms with E-state index in [1.54, 1.807) is 6.07 Å². The van der Waals surface area contributed by atoms with Crippen molar-refractivity contribution < 1.29 is 19.1 Å². The molecule has 3 rings (SSSR count). The van der Waals surface area contributed by atoms with E-state index in [4.69, 9.17) is 9.47 Å². The molecule has 0 aromatic heterocycles. The Balaban J connectivity index is 1.64. The fraction of sp³-hybridized carbons (Fsp3) is 0.448. The molecule has 2 aromatic carbocycles. The van der Waals surface area contributed by atoms with Crippen molar-refractivity contribution in [2.24, 2.45) is 0 Å². The zero-order chi connectivity index (χ0) is 24.9. The van der Waals surface area contributed by atoms with E-state index in [1.807, 2.05) is 18.2 Å². The van der Waals surface area contributed by atoms with Crippen molar-refractivity contribution in [1.29, 1.82) is 0 Å². The van der Waals surface area contributed by atoms with Crippen LogP contribution in [-0.2, 0) is 33.8 Å². The summed E-state index contributed by atoms with van der Waals surface area (Å²) in [6, 6.07) is 15.2. The van der Waals surface area contributed by atoms with E-state index >= 15 is 0 Å². The van der Waals surface area contributed by atoms with Crippen LogP contribution in [-0.4, -0.2) is 37.7 Å². The first-order valence-electron chi connectivity index (χ1n) is 12.7. The topological polar surface area (TPSA) is 76.7 Å². The third-order valence-corrected chi connectivity index (χ3v) is 6.24. The lowest BCUT2D eigenvalue weighted by Crippen LogP contribution is -2.41. The maximum atomic E-state index is 13.1. The van der Waals surface area contributed by atoms with Crippen molar-refractivity contribution in [2.75, 3.05) is 19.8 Å². The van der Waals surface area contributed by atoms with E-state index in [9.17, 15) is 9.59 Å². The highest BCUT2D eigenvalue weighted by molar-refractivity contribution is 5.98. The van der Waals surface area contributed by atoms with Crippen LogP contribution >= 0.6 is 0 Å². The van der Waals surface area contributed by atoms with Gasteiger partial charge in [-0.25, -0.2) is 0 Å². The first-order valence-corrected chi connectivity index (χ1v) is 12.7. The first kappa shape index (κ1) is 26.6. The highest BCUT2D eigenvalue weighted by atomic mass is 16.5. The summed E-state index contributed by atoms with van der Waals surface area (Å²) in [5, 5.41) is 6.00. The predicted octanol–water partition coefficient (Wildman–Crippen LogP) is 4.72. The second kappa shape index (κ2) is 14.4. The van der Waals surface area contributed by atoms with Gasteiger partial charge in [0.15, 0.2) is 0 Å². The number of ether oxygens (including phenoxy) is 2. The Morgan fingerprint density at radius 3 is 2.57 bits per heavy atom. The Labute approximate surface area is 209 Å². The second-order valence-electron chi connectivity index (χ2n) is 8.97. The molecular formula is C29H38N2O4. The van der Waals surface area contributed by atoms with Crippen LogP contribution in [0.5, 0.6) is 0 Å². The van der Waals surface area contributed by atoms with E-state index in [0.29, 0.717) is 50.5 Å². The van der Waals surface area contributed by atoms with Crippen LogP contribution in [0, 0.1) is 0 Å². The molecule has 0 saturated carbocycles. The number of carbonyl (C=O) groups is 2. The quantitative estimate of drug-likeness (QED) is 0.565. The molecule has 1 aliphatic heterocycles. The van der Waals surface area contributed by atoms with Crippen LogP contribution in [0.3, 0.4) is 0 Å². The van der Waals surface area contributed by atoms with E-state index in [0.717, 1.165) is 30.4 Å². The number of amides is 2.